The van der Waals surface area contributed by atoms with E-state index in [-0.39, 0.29) is 0 Å². The lowest BCUT2D eigenvalue weighted by Crippen LogP contribution is -1.88. The molecule has 0 saturated carbocycles. The Morgan fingerprint density at radius 3 is 2.62 bits per heavy atom. The molecule has 21 heavy (non-hydrogen) atoms. The fourth-order valence-corrected chi connectivity index (χ4v) is 3.05. The van der Waals surface area contributed by atoms with E-state index in [1.807, 2.05) is 24.4 Å². The molecule has 0 unspecified atom stereocenters. The second kappa shape index (κ2) is 3.79. The van der Waals surface area contributed by atoms with Gasteiger partial charge in [-0.2, -0.15) is 0 Å². The van der Waals surface area contributed by atoms with Crippen LogP contribution in [0, 0.1) is 0 Å². The van der Waals surface area contributed by atoms with Crippen LogP contribution in [0.2, 0.25) is 0 Å². The van der Waals surface area contributed by atoms with Gasteiger partial charge < -0.3 is 0 Å². The van der Waals surface area contributed by atoms with Gasteiger partial charge >= 0.3 is 0 Å². The second-order valence-corrected chi connectivity index (χ2v) is 5.21. The summed E-state index contributed by atoms with van der Waals surface area (Å²) in [6.07, 6.45) is 1.92. The smallest absolute Gasteiger partial charge is 0.138 e. The molecule has 0 amide bonds. The van der Waals surface area contributed by atoms with Crippen LogP contribution < -0.4 is 0 Å². The predicted molar refractivity (Wildman–Crippen MR) is 85.5 cm³/mol. The minimum absolute atomic E-state index is 0.960. The van der Waals surface area contributed by atoms with E-state index >= 15 is 0 Å². The summed E-state index contributed by atoms with van der Waals surface area (Å²) in [5.74, 6) is 0. The molecule has 2 aromatic carbocycles. The number of aromatic nitrogens is 3. The van der Waals surface area contributed by atoms with E-state index in [0.29, 0.717) is 0 Å². The van der Waals surface area contributed by atoms with Gasteiger partial charge in [-0.15, -0.1) is 0 Å². The van der Waals surface area contributed by atoms with Crippen molar-refractivity contribution in [1.29, 1.82) is 0 Å². The Kier molecular flexibility index (Phi) is 1.95. The van der Waals surface area contributed by atoms with Crippen molar-refractivity contribution >= 4 is 38.5 Å². The van der Waals surface area contributed by atoms with Gasteiger partial charge in [-0.05, 0) is 29.7 Å². The maximum atomic E-state index is 4.82. The molecule has 0 saturated heterocycles. The molecule has 5 aromatic rings. The van der Waals surface area contributed by atoms with Gasteiger partial charge in [-0.25, -0.2) is 4.98 Å². The van der Waals surface area contributed by atoms with Crippen LogP contribution in [0.1, 0.15) is 0 Å². The largest absolute Gasteiger partial charge is 0.291 e. The van der Waals surface area contributed by atoms with Crippen molar-refractivity contribution in [1.82, 2.24) is 14.4 Å². The summed E-state index contributed by atoms with van der Waals surface area (Å²) < 4.78 is 2.18. The molecule has 98 valence electrons. The molecule has 3 heterocycles. The van der Waals surface area contributed by atoms with Crippen LogP contribution in [0.4, 0.5) is 0 Å². The van der Waals surface area contributed by atoms with Crippen molar-refractivity contribution in [2.75, 3.05) is 0 Å². The molecule has 3 heteroatoms. The van der Waals surface area contributed by atoms with E-state index in [9.17, 15) is 0 Å². The van der Waals surface area contributed by atoms with Crippen LogP contribution in [0.25, 0.3) is 38.5 Å². The number of hydrogen-bond acceptors (Lipinski definition) is 2. The molecule has 3 nitrogen and oxygen atoms in total. The molecule has 0 aliphatic rings. The van der Waals surface area contributed by atoms with Gasteiger partial charge in [-0.1, -0.05) is 36.4 Å². The molecule has 0 aliphatic carbocycles. The summed E-state index contributed by atoms with van der Waals surface area (Å²) in [4.78, 5) is 9.39. The third-order valence-electron chi connectivity index (χ3n) is 4.01. The summed E-state index contributed by atoms with van der Waals surface area (Å²) in [5.41, 5.74) is 5.17. The first kappa shape index (κ1) is 10.8. The van der Waals surface area contributed by atoms with E-state index in [0.717, 1.165) is 33.1 Å². The SMILES string of the molecule is c1ccc2c(c1)ccc1nc3c4ccccc4ncc3n12. The Labute approximate surface area is 120 Å². The number of pyridine rings is 2. The molecular weight excluding hydrogens is 258 g/mol. The quantitative estimate of drug-likeness (QED) is 0.422. The lowest BCUT2D eigenvalue weighted by Gasteiger charge is -2.02. The van der Waals surface area contributed by atoms with E-state index < -0.39 is 0 Å². The maximum Gasteiger partial charge on any atom is 0.138 e. The second-order valence-electron chi connectivity index (χ2n) is 5.21. The Bertz CT molecular complexity index is 1140. The number of imidazole rings is 1. The lowest BCUT2D eigenvalue weighted by molar-refractivity contribution is 1.28. The highest BCUT2D eigenvalue weighted by Crippen LogP contribution is 2.27. The highest BCUT2D eigenvalue weighted by molar-refractivity contribution is 6.04. The molecule has 0 aliphatic heterocycles. The molecule has 0 atom stereocenters. The molecule has 0 fully saturated rings. The molecule has 0 spiro atoms. The zero-order valence-electron chi connectivity index (χ0n) is 11.2. The summed E-state index contributed by atoms with van der Waals surface area (Å²) in [5, 5.41) is 2.31. The Morgan fingerprint density at radius 1 is 0.762 bits per heavy atom. The van der Waals surface area contributed by atoms with E-state index in [4.69, 9.17) is 4.98 Å². The van der Waals surface area contributed by atoms with Gasteiger partial charge in [0.2, 0.25) is 0 Å². The summed E-state index contributed by atoms with van der Waals surface area (Å²) in [6.45, 7) is 0. The maximum absolute atomic E-state index is 4.82. The van der Waals surface area contributed by atoms with Crippen LogP contribution in [-0.2, 0) is 0 Å². The molecular formula is C18H11N3. The highest BCUT2D eigenvalue weighted by Gasteiger charge is 2.10. The van der Waals surface area contributed by atoms with Crippen LogP contribution >= 0.6 is 0 Å². The van der Waals surface area contributed by atoms with Gasteiger partial charge in [0.15, 0.2) is 0 Å². The zero-order valence-corrected chi connectivity index (χ0v) is 11.2. The zero-order chi connectivity index (χ0) is 13.8. The fourth-order valence-electron chi connectivity index (χ4n) is 3.05. The number of nitrogens with zero attached hydrogens (tertiary/aromatic N) is 3. The molecule has 3 aromatic heterocycles. The van der Waals surface area contributed by atoms with Crippen molar-refractivity contribution in [3.05, 3.63) is 66.9 Å². The van der Waals surface area contributed by atoms with Crippen molar-refractivity contribution < 1.29 is 0 Å². The highest BCUT2D eigenvalue weighted by atomic mass is 15.0. The number of hydrogen-bond donors (Lipinski definition) is 0. The molecule has 0 N–H and O–H groups in total. The van der Waals surface area contributed by atoms with Gasteiger partial charge in [-0.3, -0.25) is 9.38 Å². The van der Waals surface area contributed by atoms with Crippen LogP contribution in [0.3, 0.4) is 0 Å². The van der Waals surface area contributed by atoms with Crippen molar-refractivity contribution in [2.24, 2.45) is 0 Å². The van der Waals surface area contributed by atoms with Crippen molar-refractivity contribution in [2.45, 2.75) is 0 Å². The fraction of sp³-hybridized carbons (Fsp3) is 0. The number of fused-ring (bicyclic) bond motifs is 7. The third kappa shape index (κ3) is 1.37. The summed E-state index contributed by atoms with van der Waals surface area (Å²) >= 11 is 0. The number of rotatable bonds is 0. The molecule has 0 radical (unpaired) electrons. The Hall–Kier alpha value is -2.94. The monoisotopic (exact) mass is 269 g/mol. The Balaban J connectivity index is 2.11. The standard InChI is InChI=1S/C18H11N3/c1-4-8-15-12(5-1)9-10-17-20-18-13-6-2-3-7-14(13)19-11-16(18)21(15)17/h1-11H. The van der Waals surface area contributed by atoms with Crippen LogP contribution in [-0.4, -0.2) is 14.4 Å². The molecule has 0 bridgehead atoms. The topological polar surface area (TPSA) is 30.2 Å². The minimum Gasteiger partial charge on any atom is -0.291 e. The first-order chi connectivity index (χ1) is 10.4. The lowest BCUT2D eigenvalue weighted by atomic mass is 10.2. The summed E-state index contributed by atoms with van der Waals surface area (Å²) in [7, 11) is 0. The van der Waals surface area contributed by atoms with E-state index in [1.54, 1.807) is 0 Å². The Morgan fingerprint density at radius 2 is 1.62 bits per heavy atom. The minimum atomic E-state index is 0.960. The molecule has 5 rings (SSSR count). The normalized spacial score (nSPS) is 11.8. The third-order valence-corrected chi connectivity index (χ3v) is 4.01. The van der Waals surface area contributed by atoms with E-state index in [1.165, 1.54) is 5.39 Å². The summed E-state index contributed by atoms with van der Waals surface area (Å²) in [6, 6.07) is 20.7. The first-order valence-corrected chi connectivity index (χ1v) is 6.95. The van der Waals surface area contributed by atoms with Crippen LogP contribution in [0.5, 0.6) is 0 Å². The van der Waals surface area contributed by atoms with Crippen molar-refractivity contribution in [3.8, 4) is 0 Å². The van der Waals surface area contributed by atoms with Gasteiger partial charge in [0.25, 0.3) is 0 Å². The predicted octanol–water partition coefficient (Wildman–Crippen LogP) is 4.19. The van der Waals surface area contributed by atoms with Crippen molar-refractivity contribution in [3.63, 3.8) is 0 Å². The van der Waals surface area contributed by atoms with Gasteiger partial charge in [0.1, 0.15) is 11.2 Å². The van der Waals surface area contributed by atoms with Crippen LogP contribution in [0.15, 0.2) is 66.9 Å². The van der Waals surface area contributed by atoms with E-state index in [2.05, 4.69) is 51.8 Å². The average Bonchev–Trinajstić information content (AvgIpc) is 2.94. The number of para-hydroxylation sites is 2. The first-order valence-electron chi connectivity index (χ1n) is 6.95. The van der Waals surface area contributed by atoms with Gasteiger partial charge in [0.05, 0.1) is 22.7 Å². The average molecular weight is 269 g/mol. The van der Waals surface area contributed by atoms with Gasteiger partial charge in [0, 0.05) is 5.39 Å². The number of benzene rings is 2.